The van der Waals surface area contributed by atoms with E-state index in [1.54, 1.807) is 12.1 Å². The molecule has 8 heteroatoms. The molecule has 90 valence electrons. The predicted molar refractivity (Wildman–Crippen MR) is 61.4 cm³/mol. The fourth-order valence-corrected chi connectivity index (χ4v) is 1.63. The lowest BCUT2D eigenvalue weighted by Crippen LogP contribution is -2.30. The Balaban J connectivity index is 2.03. The molecule has 3 amide bonds. The number of amides is 3. The molecule has 0 saturated carbocycles. The maximum atomic E-state index is 11.5. The molecule has 0 radical (unpaired) electrons. The van der Waals surface area contributed by atoms with Gasteiger partial charge in [-0.05, 0) is 35.3 Å². The second-order valence-corrected chi connectivity index (χ2v) is 3.89. The summed E-state index contributed by atoms with van der Waals surface area (Å²) in [6.07, 6.45) is 1.34. The van der Waals surface area contributed by atoms with Gasteiger partial charge in [-0.1, -0.05) is 0 Å². The van der Waals surface area contributed by atoms with Gasteiger partial charge in [0.2, 0.25) is 0 Å². The highest BCUT2D eigenvalue weighted by atomic mass is 35.5. The van der Waals surface area contributed by atoms with Crippen molar-refractivity contribution in [3.8, 4) is 0 Å². The Morgan fingerprint density at radius 2 is 2.24 bits per heavy atom. The average molecular weight is 276 g/mol. The molecule has 6 nitrogen and oxygen atoms in total. The zero-order valence-electron chi connectivity index (χ0n) is 8.47. The summed E-state index contributed by atoms with van der Waals surface area (Å²) in [5.74, 6) is 0.415. The number of furan rings is 1. The van der Waals surface area contributed by atoms with Gasteiger partial charge in [0.05, 0.1) is 19.3 Å². The molecule has 0 N–H and O–H groups in total. The Labute approximate surface area is 106 Å². The largest absolute Gasteiger partial charge is 0.444 e. The SMILES string of the molecule is O=C(Cl)N1CCN(N=Cc2ccc(Cl)o2)C1=O. The number of carbonyl (C=O) groups excluding carboxylic acids is 2. The Morgan fingerprint density at radius 3 is 2.76 bits per heavy atom. The van der Waals surface area contributed by atoms with Crippen molar-refractivity contribution in [3.05, 3.63) is 23.1 Å². The first-order valence-electron chi connectivity index (χ1n) is 4.66. The van der Waals surface area contributed by atoms with Crippen LogP contribution in [-0.2, 0) is 0 Å². The quantitative estimate of drug-likeness (QED) is 0.473. The number of hydrazone groups is 1. The molecule has 1 aliphatic rings. The molecule has 0 aliphatic carbocycles. The fourth-order valence-electron chi connectivity index (χ4n) is 1.32. The molecule has 1 fully saturated rings. The number of hydrogen-bond acceptors (Lipinski definition) is 4. The van der Waals surface area contributed by atoms with E-state index in [-0.39, 0.29) is 11.8 Å². The molecule has 0 atom stereocenters. The van der Waals surface area contributed by atoms with Crippen LogP contribution in [-0.4, -0.2) is 40.6 Å². The molecule has 2 rings (SSSR count). The van der Waals surface area contributed by atoms with Crippen molar-refractivity contribution < 1.29 is 14.0 Å². The number of carbonyl (C=O) groups is 2. The summed E-state index contributed by atoms with van der Waals surface area (Å²) in [6.45, 7) is 0.514. The van der Waals surface area contributed by atoms with Crippen molar-refractivity contribution in [2.75, 3.05) is 13.1 Å². The third-order valence-corrected chi connectivity index (χ3v) is 2.52. The van der Waals surface area contributed by atoms with Crippen LogP contribution in [0, 0.1) is 0 Å². The molecule has 0 bridgehead atoms. The highest BCUT2D eigenvalue weighted by Crippen LogP contribution is 2.13. The normalized spacial score (nSPS) is 16.2. The molecule has 0 spiro atoms. The number of imide groups is 1. The first-order chi connectivity index (χ1) is 8.08. The van der Waals surface area contributed by atoms with Gasteiger partial charge in [0.15, 0.2) is 5.22 Å². The Morgan fingerprint density at radius 1 is 1.47 bits per heavy atom. The second-order valence-electron chi connectivity index (χ2n) is 3.20. The van der Waals surface area contributed by atoms with Crippen molar-refractivity contribution in [1.82, 2.24) is 9.91 Å². The van der Waals surface area contributed by atoms with Gasteiger partial charge in [-0.3, -0.25) is 4.79 Å². The van der Waals surface area contributed by atoms with E-state index in [2.05, 4.69) is 5.10 Å². The fraction of sp³-hybridized carbons (Fsp3) is 0.222. The van der Waals surface area contributed by atoms with E-state index in [1.807, 2.05) is 0 Å². The maximum Gasteiger partial charge on any atom is 0.348 e. The first kappa shape index (κ1) is 11.9. The number of halogens is 2. The maximum absolute atomic E-state index is 11.5. The Kier molecular flexibility index (Phi) is 3.35. The van der Waals surface area contributed by atoms with Gasteiger partial charge in [-0.25, -0.2) is 14.7 Å². The topological polar surface area (TPSA) is 66.1 Å². The van der Waals surface area contributed by atoms with E-state index in [4.69, 9.17) is 27.6 Å². The lowest BCUT2D eigenvalue weighted by molar-refractivity contribution is 0.195. The highest BCUT2D eigenvalue weighted by Gasteiger charge is 2.32. The zero-order chi connectivity index (χ0) is 12.4. The van der Waals surface area contributed by atoms with E-state index in [9.17, 15) is 9.59 Å². The summed E-state index contributed by atoms with van der Waals surface area (Å²) in [5, 5.41) is 4.42. The molecule has 1 aromatic heterocycles. The molecule has 0 unspecified atom stereocenters. The van der Waals surface area contributed by atoms with Crippen LogP contribution < -0.4 is 0 Å². The van der Waals surface area contributed by atoms with E-state index in [0.29, 0.717) is 12.3 Å². The molecule has 1 saturated heterocycles. The van der Waals surface area contributed by atoms with E-state index < -0.39 is 11.4 Å². The summed E-state index contributed by atoms with van der Waals surface area (Å²) in [4.78, 5) is 23.3. The van der Waals surface area contributed by atoms with E-state index in [0.717, 1.165) is 9.91 Å². The minimum atomic E-state index is -0.811. The summed E-state index contributed by atoms with van der Waals surface area (Å²) < 4.78 is 5.02. The first-order valence-corrected chi connectivity index (χ1v) is 5.41. The van der Waals surface area contributed by atoms with Crippen LogP contribution in [0.1, 0.15) is 5.76 Å². The van der Waals surface area contributed by atoms with Gasteiger partial charge in [0.25, 0.3) is 0 Å². The van der Waals surface area contributed by atoms with Crippen LogP contribution in [0.3, 0.4) is 0 Å². The number of nitrogens with zero attached hydrogens (tertiary/aromatic N) is 3. The van der Waals surface area contributed by atoms with Gasteiger partial charge >= 0.3 is 11.4 Å². The van der Waals surface area contributed by atoms with Crippen molar-refractivity contribution in [2.24, 2.45) is 5.10 Å². The molecular weight excluding hydrogens is 269 g/mol. The minimum Gasteiger partial charge on any atom is -0.444 e. The summed E-state index contributed by atoms with van der Waals surface area (Å²) in [6, 6.07) is 2.61. The molecule has 1 aliphatic heterocycles. The number of rotatable bonds is 2. The predicted octanol–water partition coefficient (Wildman–Crippen LogP) is 2.36. The minimum absolute atomic E-state index is 0.220. The molecular formula is C9H7Cl2N3O3. The monoisotopic (exact) mass is 275 g/mol. The molecule has 1 aromatic rings. The van der Waals surface area contributed by atoms with Crippen LogP contribution in [0.5, 0.6) is 0 Å². The van der Waals surface area contributed by atoms with Gasteiger partial charge in [-0.2, -0.15) is 5.10 Å². The van der Waals surface area contributed by atoms with E-state index in [1.165, 1.54) is 6.21 Å². The zero-order valence-corrected chi connectivity index (χ0v) is 9.98. The Bertz CT molecular complexity index is 486. The molecule has 0 aromatic carbocycles. The van der Waals surface area contributed by atoms with Crippen LogP contribution in [0.25, 0.3) is 0 Å². The van der Waals surface area contributed by atoms with Crippen LogP contribution in [0.15, 0.2) is 21.7 Å². The lowest BCUT2D eigenvalue weighted by atomic mass is 10.5. The molecule has 17 heavy (non-hydrogen) atoms. The average Bonchev–Trinajstić information content (AvgIpc) is 2.82. The van der Waals surface area contributed by atoms with Crippen LogP contribution in [0.4, 0.5) is 9.59 Å². The third kappa shape index (κ3) is 2.59. The lowest BCUT2D eigenvalue weighted by Gasteiger charge is -2.09. The summed E-state index contributed by atoms with van der Waals surface area (Å²) in [5.41, 5.74) is 0. The Hall–Kier alpha value is -1.53. The van der Waals surface area contributed by atoms with Crippen molar-refractivity contribution >= 4 is 40.8 Å². The highest BCUT2D eigenvalue weighted by molar-refractivity contribution is 6.64. The summed E-state index contributed by atoms with van der Waals surface area (Å²) in [7, 11) is 0. The molecule has 2 heterocycles. The van der Waals surface area contributed by atoms with Gasteiger partial charge in [0, 0.05) is 0 Å². The van der Waals surface area contributed by atoms with E-state index >= 15 is 0 Å². The van der Waals surface area contributed by atoms with Crippen molar-refractivity contribution in [1.29, 1.82) is 0 Å². The van der Waals surface area contributed by atoms with Crippen LogP contribution >= 0.6 is 23.2 Å². The standard InChI is InChI=1S/C9H7Cl2N3O3/c10-7-2-1-6(17-7)5-12-14-4-3-13(8(11)15)9(14)16/h1-2,5H,3-4H2. The third-order valence-electron chi connectivity index (χ3n) is 2.12. The summed E-state index contributed by atoms with van der Waals surface area (Å²) >= 11 is 10.8. The number of urea groups is 1. The van der Waals surface area contributed by atoms with Crippen molar-refractivity contribution in [3.63, 3.8) is 0 Å². The van der Waals surface area contributed by atoms with Gasteiger partial charge in [-0.15, -0.1) is 0 Å². The number of hydrogen-bond donors (Lipinski definition) is 0. The van der Waals surface area contributed by atoms with Gasteiger partial charge < -0.3 is 4.42 Å². The van der Waals surface area contributed by atoms with Crippen LogP contribution in [0.2, 0.25) is 5.22 Å². The smallest absolute Gasteiger partial charge is 0.348 e. The van der Waals surface area contributed by atoms with Crippen molar-refractivity contribution in [2.45, 2.75) is 0 Å². The van der Waals surface area contributed by atoms with Gasteiger partial charge in [0.1, 0.15) is 5.76 Å². The second kappa shape index (κ2) is 4.77.